The summed E-state index contributed by atoms with van der Waals surface area (Å²) < 4.78 is 0.739. The highest BCUT2D eigenvalue weighted by Crippen LogP contribution is 2.19. The third-order valence-electron chi connectivity index (χ3n) is 1.50. The van der Waals surface area contributed by atoms with Gasteiger partial charge in [0, 0.05) is 5.38 Å². The molecule has 0 amide bonds. The minimum Gasteiger partial charge on any atom is -0.250 e. The van der Waals surface area contributed by atoms with Gasteiger partial charge in [-0.3, -0.25) is 4.98 Å². The number of aryl methyl sites for hydroxylation is 1. The monoisotopic (exact) mass is 255 g/mol. The van der Waals surface area contributed by atoms with Gasteiger partial charge in [0.2, 0.25) is 0 Å². The van der Waals surface area contributed by atoms with E-state index in [2.05, 4.69) is 30.9 Å². The van der Waals surface area contributed by atoms with Crippen LogP contribution in [0.3, 0.4) is 0 Å². The molecule has 0 aliphatic rings. The number of thiazole rings is 1. The summed E-state index contributed by atoms with van der Waals surface area (Å²) in [5.41, 5.74) is 1.70. The summed E-state index contributed by atoms with van der Waals surface area (Å²) in [5.74, 6) is 0. The summed E-state index contributed by atoms with van der Waals surface area (Å²) in [6, 6.07) is 0. The number of aromatic nitrogens is 3. The van der Waals surface area contributed by atoms with Gasteiger partial charge in [0.05, 0.1) is 17.4 Å². The zero-order valence-electron chi connectivity index (χ0n) is 6.86. The van der Waals surface area contributed by atoms with Crippen molar-refractivity contribution in [2.45, 2.75) is 6.92 Å². The van der Waals surface area contributed by atoms with Gasteiger partial charge >= 0.3 is 0 Å². The molecule has 2 rings (SSSR count). The predicted molar refractivity (Wildman–Crippen MR) is 55.6 cm³/mol. The van der Waals surface area contributed by atoms with Crippen LogP contribution in [0.5, 0.6) is 0 Å². The van der Waals surface area contributed by atoms with E-state index in [0.29, 0.717) is 0 Å². The molecule has 3 nitrogen and oxygen atoms in total. The maximum atomic E-state index is 4.31. The van der Waals surface area contributed by atoms with Gasteiger partial charge in [-0.25, -0.2) is 9.97 Å². The van der Waals surface area contributed by atoms with E-state index >= 15 is 0 Å². The second-order valence-electron chi connectivity index (χ2n) is 2.48. The molecule has 0 saturated carbocycles. The Labute approximate surface area is 88.0 Å². The first-order chi connectivity index (χ1) is 6.25. The minimum absolute atomic E-state index is 0.739. The summed E-state index contributed by atoms with van der Waals surface area (Å²) in [7, 11) is 0. The number of halogens is 1. The van der Waals surface area contributed by atoms with Crippen molar-refractivity contribution in [3.8, 4) is 11.4 Å². The molecule has 0 spiro atoms. The van der Waals surface area contributed by atoms with E-state index in [4.69, 9.17) is 0 Å². The van der Waals surface area contributed by atoms with Crippen molar-refractivity contribution < 1.29 is 0 Å². The lowest BCUT2D eigenvalue weighted by Crippen LogP contribution is -1.85. The van der Waals surface area contributed by atoms with E-state index in [-0.39, 0.29) is 0 Å². The van der Waals surface area contributed by atoms with Crippen molar-refractivity contribution in [3.05, 3.63) is 27.4 Å². The molecule has 2 heterocycles. The van der Waals surface area contributed by atoms with Crippen LogP contribution < -0.4 is 0 Å². The van der Waals surface area contributed by atoms with E-state index in [0.717, 1.165) is 21.0 Å². The van der Waals surface area contributed by atoms with Crippen LogP contribution >= 0.6 is 27.3 Å². The highest BCUT2D eigenvalue weighted by atomic mass is 79.9. The molecule has 0 aliphatic carbocycles. The molecule has 0 unspecified atom stereocenters. The van der Waals surface area contributed by atoms with Gasteiger partial charge in [-0.1, -0.05) is 0 Å². The third kappa shape index (κ3) is 1.92. The molecular weight excluding hydrogens is 250 g/mol. The first kappa shape index (κ1) is 8.77. The standard InChI is InChI=1S/C8H6BrN3S/c1-5-12-7(4-13-5)6-2-11-8(9)3-10-6/h2-4H,1H3. The molecule has 0 saturated heterocycles. The van der Waals surface area contributed by atoms with Crippen LogP contribution in [0.4, 0.5) is 0 Å². The van der Waals surface area contributed by atoms with Gasteiger partial charge in [0.1, 0.15) is 16.0 Å². The molecule has 0 aliphatic heterocycles. The predicted octanol–water partition coefficient (Wildman–Crippen LogP) is 2.67. The van der Waals surface area contributed by atoms with Gasteiger partial charge in [0.15, 0.2) is 0 Å². The molecule has 0 aromatic carbocycles. The Morgan fingerprint density at radius 2 is 2.08 bits per heavy atom. The van der Waals surface area contributed by atoms with Crippen LogP contribution in [0.15, 0.2) is 22.4 Å². The third-order valence-corrected chi connectivity index (χ3v) is 2.68. The molecule has 5 heteroatoms. The van der Waals surface area contributed by atoms with Crippen molar-refractivity contribution in [1.29, 1.82) is 0 Å². The Bertz CT molecular complexity index is 410. The van der Waals surface area contributed by atoms with E-state index in [1.54, 1.807) is 23.7 Å². The molecule has 66 valence electrons. The molecule has 13 heavy (non-hydrogen) atoms. The summed E-state index contributed by atoms with van der Waals surface area (Å²) in [6.07, 6.45) is 3.38. The van der Waals surface area contributed by atoms with E-state index in [9.17, 15) is 0 Å². The molecule has 0 atom stereocenters. The molecule has 0 fully saturated rings. The Kier molecular flexibility index (Phi) is 2.37. The first-order valence-electron chi connectivity index (χ1n) is 3.66. The normalized spacial score (nSPS) is 10.3. The summed E-state index contributed by atoms with van der Waals surface area (Å²) in [5, 5.41) is 3.02. The fourth-order valence-electron chi connectivity index (χ4n) is 0.926. The van der Waals surface area contributed by atoms with E-state index in [1.165, 1.54) is 0 Å². The van der Waals surface area contributed by atoms with Gasteiger partial charge < -0.3 is 0 Å². The Hall–Kier alpha value is -0.810. The van der Waals surface area contributed by atoms with Crippen LogP contribution in [0.2, 0.25) is 0 Å². The number of nitrogens with zero attached hydrogens (tertiary/aromatic N) is 3. The number of hydrogen-bond donors (Lipinski definition) is 0. The van der Waals surface area contributed by atoms with Crippen LogP contribution in [0.25, 0.3) is 11.4 Å². The number of hydrogen-bond acceptors (Lipinski definition) is 4. The Balaban J connectivity index is 2.41. The van der Waals surface area contributed by atoms with Crippen molar-refractivity contribution in [1.82, 2.24) is 15.0 Å². The van der Waals surface area contributed by atoms with Crippen molar-refractivity contribution in [2.75, 3.05) is 0 Å². The summed E-state index contributed by atoms with van der Waals surface area (Å²) >= 11 is 4.84. The van der Waals surface area contributed by atoms with Crippen molar-refractivity contribution in [2.24, 2.45) is 0 Å². The largest absolute Gasteiger partial charge is 0.250 e. The smallest absolute Gasteiger partial charge is 0.124 e. The summed E-state index contributed by atoms with van der Waals surface area (Å²) in [4.78, 5) is 12.6. The Morgan fingerprint density at radius 3 is 2.62 bits per heavy atom. The van der Waals surface area contributed by atoms with Gasteiger partial charge in [-0.2, -0.15) is 0 Å². The fourth-order valence-corrected chi connectivity index (χ4v) is 1.74. The Morgan fingerprint density at radius 1 is 1.23 bits per heavy atom. The molecular formula is C8H6BrN3S. The fraction of sp³-hybridized carbons (Fsp3) is 0.125. The highest BCUT2D eigenvalue weighted by molar-refractivity contribution is 9.10. The first-order valence-corrected chi connectivity index (χ1v) is 5.33. The van der Waals surface area contributed by atoms with E-state index < -0.39 is 0 Å². The molecule has 0 bridgehead atoms. The average Bonchev–Trinajstić information content (AvgIpc) is 2.53. The van der Waals surface area contributed by atoms with Crippen LogP contribution in [0, 0.1) is 6.92 Å². The topological polar surface area (TPSA) is 38.7 Å². The van der Waals surface area contributed by atoms with Crippen LogP contribution in [0.1, 0.15) is 5.01 Å². The maximum Gasteiger partial charge on any atom is 0.124 e. The molecule has 0 radical (unpaired) electrons. The second-order valence-corrected chi connectivity index (χ2v) is 4.35. The minimum atomic E-state index is 0.739. The lowest BCUT2D eigenvalue weighted by atomic mass is 10.4. The van der Waals surface area contributed by atoms with Crippen LogP contribution in [-0.4, -0.2) is 15.0 Å². The zero-order valence-corrected chi connectivity index (χ0v) is 9.26. The number of rotatable bonds is 1. The molecule has 0 N–H and O–H groups in total. The van der Waals surface area contributed by atoms with Crippen molar-refractivity contribution in [3.63, 3.8) is 0 Å². The van der Waals surface area contributed by atoms with Gasteiger partial charge in [0.25, 0.3) is 0 Å². The lowest BCUT2D eigenvalue weighted by Gasteiger charge is -1.93. The quantitative estimate of drug-likeness (QED) is 0.787. The SMILES string of the molecule is Cc1nc(-c2cnc(Br)cn2)cs1. The maximum absolute atomic E-state index is 4.31. The van der Waals surface area contributed by atoms with E-state index in [1.807, 2.05) is 12.3 Å². The zero-order chi connectivity index (χ0) is 9.26. The molecule has 2 aromatic rings. The second kappa shape index (κ2) is 3.51. The average molecular weight is 256 g/mol. The summed E-state index contributed by atoms with van der Waals surface area (Å²) in [6.45, 7) is 1.97. The van der Waals surface area contributed by atoms with Crippen LogP contribution in [-0.2, 0) is 0 Å². The molecule has 2 aromatic heterocycles. The van der Waals surface area contributed by atoms with Crippen molar-refractivity contribution >= 4 is 27.3 Å². The lowest BCUT2D eigenvalue weighted by molar-refractivity contribution is 1.15. The highest BCUT2D eigenvalue weighted by Gasteiger charge is 2.02. The van der Waals surface area contributed by atoms with Gasteiger partial charge in [-0.15, -0.1) is 11.3 Å². The van der Waals surface area contributed by atoms with Gasteiger partial charge in [-0.05, 0) is 22.9 Å².